The van der Waals surface area contributed by atoms with Crippen molar-refractivity contribution < 1.29 is 13.9 Å². The van der Waals surface area contributed by atoms with Crippen LogP contribution in [0.2, 0.25) is 0 Å². The summed E-state index contributed by atoms with van der Waals surface area (Å²) in [7, 11) is 1.68. The Bertz CT molecular complexity index is 1480. The van der Waals surface area contributed by atoms with Crippen molar-refractivity contribution in [1.82, 2.24) is 10.2 Å². The molecular formula is C35H34N2O3. The highest BCUT2D eigenvalue weighted by Gasteiger charge is 2.20. The van der Waals surface area contributed by atoms with Crippen LogP contribution >= 0.6 is 0 Å². The van der Waals surface area contributed by atoms with Gasteiger partial charge in [-0.1, -0.05) is 103 Å². The monoisotopic (exact) mass is 530 g/mol. The van der Waals surface area contributed by atoms with Gasteiger partial charge in [0, 0.05) is 13.1 Å². The lowest BCUT2D eigenvalue weighted by Gasteiger charge is -2.22. The van der Waals surface area contributed by atoms with E-state index in [0.29, 0.717) is 25.3 Å². The number of carbonyl (C=O) groups is 1. The molecule has 4 aromatic carbocycles. The van der Waals surface area contributed by atoms with Gasteiger partial charge in [0.15, 0.2) is 5.76 Å². The van der Waals surface area contributed by atoms with E-state index >= 15 is 0 Å². The first kappa shape index (κ1) is 27.0. The van der Waals surface area contributed by atoms with Crippen LogP contribution in [0.25, 0.3) is 0 Å². The van der Waals surface area contributed by atoms with E-state index in [1.54, 1.807) is 13.2 Å². The summed E-state index contributed by atoms with van der Waals surface area (Å²) < 4.78 is 11.5. The number of rotatable bonds is 12. The lowest BCUT2D eigenvalue weighted by molar-refractivity contribution is 0.0904. The molecule has 0 aliphatic carbocycles. The molecule has 0 aliphatic heterocycles. The zero-order valence-electron chi connectivity index (χ0n) is 22.7. The van der Waals surface area contributed by atoms with Gasteiger partial charge in [0.25, 0.3) is 5.91 Å². The van der Waals surface area contributed by atoms with E-state index in [1.807, 2.05) is 84.9 Å². The summed E-state index contributed by atoms with van der Waals surface area (Å²) in [6.45, 7) is 2.01. The number of methoxy groups -OCH3 is 1. The van der Waals surface area contributed by atoms with Crippen molar-refractivity contribution in [1.29, 1.82) is 0 Å². The quantitative estimate of drug-likeness (QED) is 0.185. The molecule has 5 nitrogen and oxygen atoms in total. The molecule has 0 bridgehead atoms. The molecule has 0 radical (unpaired) electrons. The van der Waals surface area contributed by atoms with Gasteiger partial charge in [0.1, 0.15) is 11.5 Å². The third-order valence-electron chi connectivity index (χ3n) is 6.84. The first-order valence-corrected chi connectivity index (χ1v) is 13.5. The second-order valence-corrected chi connectivity index (χ2v) is 9.87. The van der Waals surface area contributed by atoms with Crippen LogP contribution < -0.4 is 10.1 Å². The van der Waals surface area contributed by atoms with Crippen molar-refractivity contribution >= 4 is 5.91 Å². The fourth-order valence-electron chi connectivity index (χ4n) is 4.86. The molecule has 1 amide bonds. The van der Waals surface area contributed by atoms with Crippen molar-refractivity contribution in [2.75, 3.05) is 7.11 Å². The van der Waals surface area contributed by atoms with Crippen LogP contribution in [-0.2, 0) is 26.1 Å². The van der Waals surface area contributed by atoms with E-state index in [-0.39, 0.29) is 11.9 Å². The second-order valence-electron chi connectivity index (χ2n) is 9.87. The largest absolute Gasteiger partial charge is 0.497 e. The highest BCUT2D eigenvalue weighted by Crippen LogP contribution is 2.22. The smallest absolute Gasteiger partial charge is 0.287 e. The molecule has 0 spiro atoms. The molecule has 40 heavy (non-hydrogen) atoms. The van der Waals surface area contributed by atoms with Crippen LogP contribution in [-0.4, -0.2) is 17.9 Å². The number of furan rings is 1. The third kappa shape index (κ3) is 7.49. The van der Waals surface area contributed by atoms with E-state index in [4.69, 9.17) is 9.15 Å². The van der Waals surface area contributed by atoms with Crippen LogP contribution in [0.4, 0.5) is 0 Å². The molecule has 1 unspecified atom stereocenters. The van der Waals surface area contributed by atoms with Crippen LogP contribution in [0.15, 0.2) is 132 Å². The Hall–Kier alpha value is -4.61. The molecule has 5 rings (SSSR count). The minimum Gasteiger partial charge on any atom is -0.497 e. The Labute approximate surface area is 236 Å². The number of hydrogen-bond donors (Lipinski definition) is 1. The zero-order valence-corrected chi connectivity index (χ0v) is 22.7. The summed E-state index contributed by atoms with van der Waals surface area (Å²) >= 11 is 0. The van der Waals surface area contributed by atoms with Crippen molar-refractivity contribution in [3.8, 4) is 5.75 Å². The lowest BCUT2D eigenvalue weighted by Crippen LogP contribution is -2.29. The van der Waals surface area contributed by atoms with Crippen molar-refractivity contribution in [2.45, 2.75) is 32.1 Å². The molecule has 1 N–H and O–H groups in total. The Morgan fingerprint density at radius 2 is 1.35 bits per heavy atom. The number of nitrogens with zero attached hydrogens (tertiary/aromatic N) is 1. The number of ether oxygens (including phenoxy) is 1. The summed E-state index contributed by atoms with van der Waals surface area (Å²) in [4.78, 5) is 15.6. The number of amides is 1. The molecule has 5 aromatic rings. The van der Waals surface area contributed by atoms with Crippen molar-refractivity contribution in [2.24, 2.45) is 0 Å². The second kappa shape index (κ2) is 13.5. The van der Waals surface area contributed by atoms with E-state index in [2.05, 4.69) is 46.6 Å². The summed E-state index contributed by atoms with van der Waals surface area (Å²) in [5, 5.41) is 3.20. The Kier molecular flexibility index (Phi) is 9.07. The maximum absolute atomic E-state index is 13.3. The standard InChI is InChI=1S/C35H34N2O3/c1-39-31-19-11-16-29(22-31)25-37(24-28-14-7-3-8-15-28)26-32-20-21-34(40-32)35(38)36-33(30-17-9-4-10-18-30)23-27-12-5-2-6-13-27/h2-22,33H,23-26H2,1H3,(H,36,38). The van der Waals surface area contributed by atoms with Gasteiger partial charge in [-0.15, -0.1) is 0 Å². The first-order chi connectivity index (χ1) is 19.7. The van der Waals surface area contributed by atoms with E-state index in [1.165, 1.54) is 5.56 Å². The Morgan fingerprint density at radius 3 is 2.05 bits per heavy atom. The molecule has 202 valence electrons. The summed E-state index contributed by atoms with van der Waals surface area (Å²) in [6.07, 6.45) is 0.690. The minimum atomic E-state index is -0.224. The highest BCUT2D eigenvalue weighted by atomic mass is 16.5. The van der Waals surface area contributed by atoms with Gasteiger partial charge in [-0.2, -0.15) is 0 Å². The lowest BCUT2D eigenvalue weighted by atomic mass is 9.99. The zero-order chi connectivity index (χ0) is 27.6. The van der Waals surface area contributed by atoms with Crippen LogP contribution in [0.1, 0.15) is 44.6 Å². The molecule has 5 heteroatoms. The number of benzene rings is 4. The SMILES string of the molecule is COc1cccc(CN(Cc2ccccc2)Cc2ccc(C(=O)NC(Cc3ccccc3)c3ccccc3)o2)c1. The van der Waals surface area contributed by atoms with Gasteiger partial charge in [0.05, 0.1) is 19.7 Å². The van der Waals surface area contributed by atoms with E-state index < -0.39 is 0 Å². The van der Waals surface area contributed by atoms with E-state index in [9.17, 15) is 4.79 Å². The van der Waals surface area contributed by atoms with Crippen molar-refractivity contribution in [3.05, 3.63) is 161 Å². The molecule has 0 aliphatic rings. The molecule has 0 saturated carbocycles. The summed E-state index contributed by atoms with van der Waals surface area (Å²) in [5.74, 6) is 1.66. The predicted molar refractivity (Wildman–Crippen MR) is 158 cm³/mol. The van der Waals surface area contributed by atoms with Gasteiger partial charge in [-0.25, -0.2) is 0 Å². The Morgan fingerprint density at radius 1 is 0.725 bits per heavy atom. The fraction of sp³-hybridized carbons (Fsp3) is 0.171. The van der Waals surface area contributed by atoms with Gasteiger partial charge >= 0.3 is 0 Å². The molecule has 0 saturated heterocycles. The number of nitrogens with one attached hydrogen (secondary N) is 1. The fourth-order valence-corrected chi connectivity index (χ4v) is 4.86. The third-order valence-corrected chi connectivity index (χ3v) is 6.84. The number of hydrogen-bond acceptors (Lipinski definition) is 4. The normalized spacial score (nSPS) is 11.8. The average Bonchev–Trinajstić information content (AvgIpc) is 3.47. The van der Waals surface area contributed by atoms with E-state index in [0.717, 1.165) is 34.7 Å². The topological polar surface area (TPSA) is 54.7 Å². The van der Waals surface area contributed by atoms with Crippen LogP contribution in [0, 0.1) is 0 Å². The first-order valence-electron chi connectivity index (χ1n) is 13.5. The molecular weight excluding hydrogens is 496 g/mol. The molecule has 1 aromatic heterocycles. The van der Waals surface area contributed by atoms with Gasteiger partial charge in [0.2, 0.25) is 0 Å². The minimum absolute atomic E-state index is 0.174. The summed E-state index contributed by atoms with van der Waals surface area (Å²) in [6, 6.07) is 42.2. The average molecular weight is 531 g/mol. The van der Waals surface area contributed by atoms with Crippen molar-refractivity contribution in [3.63, 3.8) is 0 Å². The molecule has 1 atom stereocenters. The maximum atomic E-state index is 13.3. The van der Waals surface area contributed by atoms with Crippen LogP contribution in [0.3, 0.4) is 0 Å². The number of carbonyl (C=O) groups excluding carboxylic acids is 1. The van der Waals surface area contributed by atoms with Gasteiger partial charge in [-0.05, 0) is 52.9 Å². The van der Waals surface area contributed by atoms with Gasteiger partial charge < -0.3 is 14.5 Å². The Balaban J connectivity index is 1.31. The van der Waals surface area contributed by atoms with Gasteiger partial charge in [-0.3, -0.25) is 9.69 Å². The maximum Gasteiger partial charge on any atom is 0.287 e. The predicted octanol–water partition coefficient (Wildman–Crippen LogP) is 7.20. The van der Waals surface area contributed by atoms with Crippen LogP contribution in [0.5, 0.6) is 5.75 Å². The highest BCUT2D eigenvalue weighted by molar-refractivity contribution is 5.91. The summed E-state index contributed by atoms with van der Waals surface area (Å²) in [5.41, 5.74) is 4.57. The molecule has 0 fully saturated rings. The molecule has 1 heterocycles.